The maximum Gasteiger partial charge on any atom is 0.120 e. The number of aryl methyl sites for hydroxylation is 1. The molecule has 4 nitrogen and oxygen atoms in total. The molecule has 0 aromatic carbocycles. The Kier molecular flexibility index (Phi) is 5.30. The number of nitrogens with zero attached hydrogens (tertiary/aromatic N) is 2. The Hall–Kier alpha value is -0.520. The number of hydrogen-bond donors (Lipinski definition) is 1. The second-order valence-electron chi connectivity index (χ2n) is 6.21. The molecule has 2 heterocycles. The summed E-state index contributed by atoms with van der Waals surface area (Å²) in [5.74, 6) is 0. The average Bonchev–Trinajstić information content (AvgIpc) is 2.96. The number of ether oxygens (including phenoxy) is 1. The van der Waals surface area contributed by atoms with E-state index in [0.717, 1.165) is 42.4 Å². The van der Waals surface area contributed by atoms with E-state index in [2.05, 4.69) is 36.3 Å². The minimum atomic E-state index is 0.200. The van der Waals surface area contributed by atoms with E-state index in [0.29, 0.717) is 6.10 Å². The van der Waals surface area contributed by atoms with Gasteiger partial charge in [0, 0.05) is 25.0 Å². The summed E-state index contributed by atoms with van der Waals surface area (Å²) in [6.45, 7) is 8.52. The predicted octanol–water partition coefficient (Wildman–Crippen LogP) is 2.58. The number of nitrogens with one attached hydrogen (secondary N) is 1. The van der Waals surface area contributed by atoms with Gasteiger partial charge in [-0.05, 0) is 46.6 Å². The van der Waals surface area contributed by atoms with Crippen LogP contribution in [0.1, 0.15) is 50.0 Å². The summed E-state index contributed by atoms with van der Waals surface area (Å²) in [6, 6.07) is 0. The minimum Gasteiger partial charge on any atom is -0.378 e. The van der Waals surface area contributed by atoms with Gasteiger partial charge in [0.2, 0.25) is 0 Å². The average molecular weight is 283 g/mol. The molecule has 0 amide bonds. The fourth-order valence-electron chi connectivity index (χ4n) is 2.17. The minimum absolute atomic E-state index is 0.200. The van der Waals surface area contributed by atoms with Crippen LogP contribution in [0.15, 0.2) is 0 Å². The van der Waals surface area contributed by atoms with E-state index in [9.17, 15) is 0 Å². The number of rotatable bonds is 6. The monoisotopic (exact) mass is 283 g/mol. The van der Waals surface area contributed by atoms with Crippen LogP contribution >= 0.6 is 11.3 Å². The number of hydrogen-bond acceptors (Lipinski definition) is 5. The van der Waals surface area contributed by atoms with Gasteiger partial charge in [-0.2, -0.15) is 0 Å². The van der Waals surface area contributed by atoms with Gasteiger partial charge in [-0.3, -0.25) is 0 Å². The molecule has 1 aromatic heterocycles. The molecule has 0 spiro atoms. The van der Waals surface area contributed by atoms with Crippen LogP contribution in [0.3, 0.4) is 0 Å². The number of aromatic nitrogens is 2. The Morgan fingerprint density at radius 3 is 2.79 bits per heavy atom. The first-order chi connectivity index (χ1) is 9.03. The maximum atomic E-state index is 5.63. The zero-order valence-corrected chi connectivity index (χ0v) is 13.1. The highest BCUT2D eigenvalue weighted by molar-refractivity contribution is 7.11. The van der Waals surface area contributed by atoms with Crippen LogP contribution in [-0.4, -0.2) is 35.0 Å². The van der Waals surface area contributed by atoms with Crippen molar-refractivity contribution in [3.63, 3.8) is 0 Å². The van der Waals surface area contributed by atoms with Gasteiger partial charge in [0.1, 0.15) is 10.0 Å². The first-order valence-corrected chi connectivity index (χ1v) is 8.02. The van der Waals surface area contributed by atoms with Crippen LogP contribution in [-0.2, 0) is 17.6 Å². The molecule has 2 rings (SSSR count). The van der Waals surface area contributed by atoms with Crippen molar-refractivity contribution in [3.8, 4) is 0 Å². The molecule has 0 bridgehead atoms. The predicted molar refractivity (Wildman–Crippen MR) is 78.7 cm³/mol. The highest BCUT2D eigenvalue weighted by Gasteiger charge is 2.18. The van der Waals surface area contributed by atoms with E-state index >= 15 is 0 Å². The SMILES string of the molecule is CC(C)(C)NCCCc1nnc(CC2CCCO2)s1. The third-order valence-electron chi connectivity index (χ3n) is 3.16. The maximum absolute atomic E-state index is 5.63. The summed E-state index contributed by atoms with van der Waals surface area (Å²) in [5.41, 5.74) is 0.200. The molecule has 1 atom stereocenters. The molecule has 108 valence electrons. The standard InChI is InChI=1S/C14H25N3OS/c1-14(2,3)15-8-4-7-12-16-17-13(19-12)10-11-6-5-9-18-11/h11,15H,4-10H2,1-3H3. The molecule has 0 radical (unpaired) electrons. The summed E-state index contributed by atoms with van der Waals surface area (Å²) in [4.78, 5) is 0. The zero-order valence-electron chi connectivity index (χ0n) is 12.2. The highest BCUT2D eigenvalue weighted by atomic mass is 32.1. The quantitative estimate of drug-likeness (QED) is 0.815. The molecule has 0 saturated carbocycles. The second-order valence-corrected chi connectivity index (χ2v) is 7.36. The van der Waals surface area contributed by atoms with Gasteiger partial charge in [-0.25, -0.2) is 0 Å². The van der Waals surface area contributed by atoms with Crippen LogP contribution in [0.4, 0.5) is 0 Å². The first-order valence-electron chi connectivity index (χ1n) is 7.21. The van der Waals surface area contributed by atoms with Crippen molar-refractivity contribution >= 4 is 11.3 Å². The smallest absolute Gasteiger partial charge is 0.120 e. The first kappa shape index (κ1) is 14.9. The lowest BCUT2D eigenvalue weighted by Gasteiger charge is -2.20. The lowest BCUT2D eigenvalue weighted by atomic mass is 10.1. The molecular weight excluding hydrogens is 258 g/mol. The molecule has 1 unspecified atom stereocenters. The fraction of sp³-hybridized carbons (Fsp3) is 0.857. The van der Waals surface area contributed by atoms with Crippen molar-refractivity contribution in [1.29, 1.82) is 0 Å². The molecule has 1 aliphatic heterocycles. The molecule has 1 aromatic rings. The molecule has 5 heteroatoms. The normalized spacial score (nSPS) is 20.1. The van der Waals surface area contributed by atoms with E-state index in [1.165, 1.54) is 12.8 Å². The van der Waals surface area contributed by atoms with E-state index in [1.54, 1.807) is 11.3 Å². The van der Waals surface area contributed by atoms with Crippen LogP contribution in [0.2, 0.25) is 0 Å². The second kappa shape index (κ2) is 6.77. The highest BCUT2D eigenvalue weighted by Crippen LogP contribution is 2.20. The van der Waals surface area contributed by atoms with E-state index < -0.39 is 0 Å². The van der Waals surface area contributed by atoms with E-state index in [-0.39, 0.29) is 5.54 Å². The van der Waals surface area contributed by atoms with Crippen LogP contribution in [0.5, 0.6) is 0 Å². The summed E-state index contributed by atoms with van der Waals surface area (Å²) < 4.78 is 5.63. The van der Waals surface area contributed by atoms with Crippen molar-refractivity contribution in [2.75, 3.05) is 13.2 Å². The van der Waals surface area contributed by atoms with Gasteiger partial charge in [0.05, 0.1) is 6.10 Å². The van der Waals surface area contributed by atoms with E-state index in [1.807, 2.05) is 0 Å². The zero-order chi connectivity index (χ0) is 13.7. The molecule has 1 aliphatic rings. The Labute approximate surface area is 120 Å². The Morgan fingerprint density at radius 2 is 2.11 bits per heavy atom. The summed E-state index contributed by atoms with van der Waals surface area (Å²) in [6.07, 6.45) is 5.82. The summed E-state index contributed by atoms with van der Waals surface area (Å²) in [5, 5.41) is 14.3. The summed E-state index contributed by atoms with van der Waals surface area (Å²) in [7, 11) is 0. The van der Waals surface area contributed by atoms with E-state index in [4.69, 9.17) is 4.74 Å². The summed E-state index contributed by atoms with van der Waals surface area (Å²) >= 11 is 1.75. The van der Waals surface area contributed by atoms with Crippen molar-refractivity contribution in [2.45, 2.75) is 64.5 Å². The Balaban J connectivity index is 1.68. The van der Waals surface area contributed by atoms with Gasteiger partial charge in [0.15, 0.2) is 0 Å². The molecule has 1 fully saturated rings. The molecule has 19 heavy (non-hydrogen) atoms. The van der Waals surface area contributed by atoms with Crippen LogP contribution in [0.25, 0.3) is 0 Å². The van der Waals surface area contributed by atoms with Crippen molar-refractivity contribution < 1.29 is 4.74 Å². The molecular formula is C14H25N3OS. The van der Waals surface area contributed by atoms with Gasteiger partial charge in [-0.1, -0.05) is 0 Å². The molecule has 0 aliphatic carbocycles. The van der Waals surface area contributed by atoms with Crippen molar-refractivity contribution in [1.82, 2.24) is 15.5 Å². The third-order valence-corrected chi connectivity index (χ3v) is 4.16. The lowest BCUT2D eigenvalue weighted by Crippen LogP contribution is -2.36. The Bertz CT molecular complexity index is 380. The van der Waals surface area contributed by atoms with Crippen LogP contribution in [0, 0.1) is 0 Å². The fourth-order valence-corrected chi connectivity index (χ4v) is 3.13. The van der Waals surface area contributed by atoms with Crippen molar-refractivity contribution in [2.24, 2.45) is 0 Å². The lowest BCUT2D eigenvalue weighted by molar-refractivity contribution is 0.111. The van der Waals surface area contributed by atoms with Crippen LogP contribution < -0.4 is 5.32 Å². The topological polar surface area (TPSA) is 47.0 Å². The van der Waals surface area contributed by atoms with Gasteiger partial charge >= 0.3 is 0 Å². The van der Waals surface area contributed by atoms with Crippen molar-refractivity contribution in [3.05, 3.63) is 10.0 Å². The third kappa shape index (κ3) is 5.55. The Morgan fingerprint density at radius 1 is 1.32 bits per heavy atom. The molecule has 1 N–H and O–H groups in total. The van der Waals surface area contributed by atoms with Gasteiger partial charge in [-0.15, -0.1) is 21.5 Å². The van der Waals surface area contributed by atoms with Gasteiger partial charge < -0.3 is 10.1 Å². The van der Waals surface area contributed by atoms with Gasteiger partial charge in [0.25, 0.3) is 0 Å². The largest absolute Gasteiger partial charge is 0.378 e. The molecule has 1 saturated heterocycles.